The minimum atomic E-state index is -0.571. The molecule has 0 radical (unpaired) electrons. The van der Waals surface area contributed by atoms with E-state index in [0.717, 1.165) is 5.56 Å². The van der Waals surface area contributed by atoms with Crippen LogP contribution in [0.5, 0.6) is 0 Å². The summed E-state index contributed by atoms with van der Waals surface area (Å²) in [6, 6.07) is 10.2. The first-order valence-corrected chi connectivity index (χ1v) is 11.3. The van der Waals surface area contributed by atoms with Gasteiger partial charge in [-0.3, -0.25) is 19.0 Å². The predicted octanol–water partition coefficient (Wildman–Crippen LogP) is 3.20. The number of nitrogens with zero attached hydrogens (tertiary/aromatic N) is 3. The average molecular weight is 483 g/mol. The molecule has 1 N–H and O–H groups in total. The lowest BCUT2D eigenvalue weighted by molar-refractivity contribution is -0.142. The number of thiocarbonyl (C=S) groups is 1. The van der Waals surface area contributed by atoms with Crippen LogP contribution in [0.25, 0.3) is 11.0 Å². The van der Waals surface area contributed by atoms with Crippen molar-refractivity contribution < 1.29 is 9.59 Å². The molecule has 0 unspecified atom stereocenters. The van der Waals surface area contributed by atoms with E-state index in [1.54, 1.807) is 35.2 Å². The maximum Gasteiger partial charge on any atom is 0.265 e. The van der Waals surface area contributed by atoms with Crippen LogP contribution >= 0.6 is 23.8 Å². The molecule has 33 heavy (non-hydrogen) atoms. The Hall–Kier alpha value is -3.10. The van der Waals surface area contributed by atoms with Gasteiger partial charge in [0, 0.05) is 41.6 Å². The zero-order chi connectivity index (χ0) is 23.8. The van der Waals surface area contributed by atoms with Crippen molar-refractivity contribution in [2.45, 2.75) is 26.9 Å². The first kappa shape index (κ1) is 23.1. The number of nitrogens with one attached hydrogen (secondary N) is 1. The number of hydrogen-bond acceptors (Lipinski definition) is 5. The highest BCUT2D eigenvalue weighted by Crippen LogP contribution is 2.29. The van der Waals surface area contributed by atoms with E-state index in [9.17, 15) is 14.4 Å². The summed E-state index contributed by atoms with van der Waals surface area (Å²) >= 11 is 11.0. The van der Waals surface area contributed by atoms with E-state index >= 15 is 0 Å². The van der Waals surface area contributed by atoms with Gasteiger partial charge in [-0.2, -0.15) is 0 Å². The zero-order valence-corrected chi connectivity index (χ0v) is 19.9. The summed E-state index contributed by atoms with van der Waals surface area (Å²) in [5.74, 6) is -0.728. The molecule has 0 atom stereocenters. The number of likely N-dealkylation sites (tertiary alicyclic amines) is 1. The molecule has 7 nitrogen and oxygen atoms in total. The molecule has 0 bridgehead atoms. The molecule has 1 fully saturated rings. The molecule has 9 heteroatoms. The van der Waals surface area contributed by atoms with Gasteiger partial charge in [-0.15, -0.1) is 0 Å². The summed E-state index contributed by atoms with van der Waals surface area (Å²) < 4.78 is 1.27. The first-order chi connectivity index (χ1) is 15.7. The normalized spacial score (nSPS) is 14.6. The molecule has 2 amide bonds. The Morgan fingerprint density at radius 3 is 2.55 bits per heavy atom. The fourth-order valence-corrected chi connectivity index (χ4v) is 4.31. The molecular formula is C24H23ClN4O3S. The molecule has 1 aliphatic heterocycles. The molecule has 170 valence electrons. The third-order valence-corrected chi connectivity index (χ3v) is 6.15. The van der Waals surface area contributed by atoms with Gasteiger partial charge in [0.15, 0.2) is 0 Å². The number of pyridine rings is 2. The third kappa shape index (κ3) is 4.82. The van der Waals surface area contributed by atoms with E-state index in [4.69, 9.17) is 23.8 Å². The van der Waals surface area contributed by atoms with Crippen LogP contribution in [-0.4, -0.2) is 44.7 Å². The van der Waals surface area contributed by atoms with E-state index in [2.05, 4.69) is 24.1 Å². The second kappa shape index (κ2) is 9.03. The molecule has 1 saturated heterocycles. The van der Waals surface area contributed by atoms with Gasteiger partial charge >= 0.3 is 0 Å². The number of carbonyl (C=O) groups is 2. The van der Waals surface area contributed by atoms with Crippen molar-refractivity contribution in [3.63, 3.8) is 0 Å². The summed E-state index contributed by atoms with van der Waals surface area (Å²) in [7, 11) is 0. The number of aromatic nitrogens is 2. The van der Waals surface area contributed by atoms with E-state index in [0.29, 0.717) is 34.7 Å². The van der Waals surface area contributed by atoms with Crippen molar-refractivity contribution in [2.75, 3.05) is 13.1 Å². The largest absolute Gasteiger partial charge is 0.348 e. The highest BCUT2D eigenvalue weighted by atomic mass is 35.5. The summed E-state index contributed by atoms with van der Waals surface area (Å²) in [4.78, 5) is 45.2. The molecule has 2 aromatic heterocycles. The number of rotatable bonds is 6. The summed E-state index contributed by atoms with van der Waals surface area (Å²) in [5.41, 5.74) is 1.23. The Labute approximate surface area is 201 Å². The molecule has 0 saturated carbocycles. The maximum absolute atomic E-state index is 13.3. The second-order valence-electron chi connectivity index (χ2n) is 8.93. The minimum absolute atomic E-state index is 0.0643. The third-order valence-electron chi connectivity index (χ3n) is 5.64. The van der Waals surface area contributed by atoms with Crippen LogP contribution in [0.1, 0.15) is 35.3 Å². The van der Waals surface area contributed by atoms with Crippen LogP contribution in [-0.2, 0) is 17.9 Å². The number of amides is 2. The molecule has 3 aromatic rings. The van der Waals surface area contributed by atoms with Crippen LogP contribution in [0, 0.1) is 5.41 Å². The maximum atomic E-state index is 13.3. The van der Waals surface area contributed by atoms with Gasteiger partial charge in [-0.05, 0) is 40.8 Å². The summed E-state index contributed by atoms with van der Waals surface area (Å²) in [6.45, 7) is 5.44. The van der Waals surface area contributed by atoms with Crippen LogP contribution in [0.4, 0.5) is 0 Å². The molecule has 1 aliphatic rings. The Kier molecular flexibility index (Phi) is 6.32. The number of carbonyl (C=O) groups excluding carboxylic acids is 2. The van der Waals surface area contributed by atoms with Crippen molar-refractivity contribution in [2.24, 2.45) is 5.41 Å². The Morgan fingerprint density at radius 1 is 1.21 bits per heavy atom. The van der Waals surface area contributed by atoms with Gasteiger partial charge in [0.2, 0.25) is 5.91 Å². The SMILES string of the molecule is CC1(C)CN(C(=O)Cn2c(=O)c(C(=O)NCc3ccc(Cl)cc3)cc3c(C=S)ccnc32)C1. The molecule has 4 rings (SSSR count). The van der Waals surface area contributed by atoms with Gasteiger partial charge in [-0.25, -0.2) is 4.98 Å². The second-order valence-corrected chi connectivity index (χ2v) is 9.60. The van der Waals surface area contributed by atoms with Crippen molar-refractivity contribution in [3.8, 4) is 0 Å². The van der Waals surface area contributed by atoms with Crippen LogP contribution < -0.4 is 10.9 Å². The van der Waals surface area contributed by atoms with Gasteiger partial charge in [0.25, 0.3) is 11.5 Å². The number of hydrogen-bond donors (Lipinski definition) is 1. The first-order valence-electron chi connectivity index (χ1n) is 10.5. The molecule has 0 spiro atoms. The van der Waals surface area contributed by atoms with Crippen LogP contribution in [0.3, 0.4) is 0 Å². The fraction of sp³-hybridized carbons (Fsp3) is 0.292. The molecule has 1 aromatic carbocycles. The Balaban J connectivity index is 1.69. The molecule has 3 heterocycles. The van der Waals surface area contributed by atoms with Gasteiger partial charge < -0.3 is 10.2 Å². The topological polar surface area (TPSA) is 84.3 Å². The highest BCUT2D eigenvalue weighted by molar-refractivity contribution is 7.79. The van der Waals surface area contributed by atoms with Gasteiger partial charge in [-0.1, -0.05) is 49.8 Å². The van der Waals surface area contributed by atoms with Crippen LogP contribution in [0.15, 0.2) is 47.4 Å². The van der Waals surface area contributed by atoms with Crippen molar-refractivity contribution in [1.29, 1.82) is 0 Å². The molecular weight excluding hydrogens is 460 g/mol. The standard InChI is InChI=1S/C24H23ClN4O3S/c1-24(2)13-28(14-24)20(30)11-29-21-18(16(12-33)7-8-26-21)9-19(23(29)32)22(31)27-10-15-3-5-17(25)6-4-15/h3-9,12H,10-11,13-14H2,1-2H3,(H,27,31). The lowest BCUT2D eigenvalue weighted by atomic mass is 9.84. The monoisotopic (exact) mass is 482 g/mol. The smallest absolute Gasteiger partial charge is 0.265 e. The van der Waals surface area contributed by atoms with Crippen molar-refractivity contribution in [1.82, 2.24) is 19.8 Å². The van der Waals surface area contributed by atoms with Crippen molar-refractivity contribution >= 4 is 52.0 Å². The number of fused-ring (bicyclic) bond motifs is 1. The fourth-order valence-electron chi connectivity index (χ4n) is 3.98. The number of halogens is 1. The quantitative estimate of drug-likeness (QED) is 0.545. The van der Waals surface area contributed by atoms with Crippen molar-refractivity contribution in [3.05, 3.63) is 74.7 Å². The van der Waals surface area contributed by atoms with E-state index in [1.807, 2.05) is 0 Å². The summed E-state index contributed by atoms with van der Waals surface area (Å²) in [5, 5.41) is 5.37. The predicted molar refractivity (Wildman–Crippen MR) is 132 cm³/mol. The lowest BCUT2D eigenvalue weighted by Gasteiger charge is -2.45. The molecule has 0 aliphatic carbocycles. The van der Waals surface area contributed by atoms with E-state index in [-0.39, 0.29) is 30.0 Å². The summed E-state index contributed by atoms with van der Waals surface area (Å²) in [6.07, 6.45) is 1.54. The Morgan fingerprint density at radius 2 is 1.91 bits per heavy atom. The Bertz CT molecular complexity index is 1310. The minimum Gasteiger partial charge on any atom is -0.348 e. The van der Waals surface area contributed by atoms with Gasteiger partial charge in [0.1, 0.15) is 17.8 Å². The highest BCUT2D eigenvalue weighted by Gasteiger charge is 2.37. The van der Waals surface area contributed by atoms with E-state index in [1.165, 1.54) is 22.2 Å². The van der Waals surface area contributed by atoms with Crippen LogP contribution in [0.2, 0.25) is 5.02 Å². The number of benzene rings is 1. The average Bonchev–Trinajstić information content (AvgIpc) is 2.77. The zero-order valence-electron chi connectivity index (χ0n) is 18.3. The lowest BCUT2D eigenvalue weighted by Crippen LogP contribution is -2.56. The van der Waals surface area contributed by atoms with E-state index < -0.39 is 11.5 Å². The van der Waals surface area contributed by atoms with Gasteiger partial charge in [0.05, 0.1) is 0 Å².